The first-order valence-electron chi connectivity index (χ1n) is 10.3. The largest absolute Gasteiger partial charge is 0.469 e. The van der Waals surface area contributed by atoms with Gasteiger partial charge in [0.15, 0.2) is 17.6 Å². The summed E-state index contributed by atoms with van der Waals surface area (Å²) in [6.45, 7) is 3.63. The van der Waals surface area contributed by atoms with Crippen molar-refractivity contribution in [3.8, 4) is 0 Å². The first-order chi connectivity index (χ1) is 14.3. The van der Waals surface area contributed by atoms with Crippen molar-refractivity contribution in [2.24, 2.45) is 4.99 Å². The molecule has 9 heteroatoms. The summed E-state index contributed by atoms with van der Waals surface area (Å²) < 4.78 is 25.1. The summed E-state index contributed by atoms with van der Waals surface area (Å²) in [6, 6.07) is 7.10. The monoisotopic (exact) mass is 529 g/mol. The number of pyridine rings is 1. The molecular weight excluding hydrogens is 500 g/mol. The van der Waals surface area contributed by atoms with E-state index in [0.29, 0.717) is 18.9 Å². The van der Waals surface area contributed by atoms with Crippen molar-refractivity contribution in [2.45, 2.75) is 37.8 Å². The molecule has 0 spiro atoms. The van der Waals surface area contributed by atoms with Gasteiger partial charge in [0.25, 0.3) is 0 Å². The van der Waals surface area contributed by atoms with Gasteiger partial charge in [-0.15, -0.1) is 24.0 Å². The second-order valence-electron chi connectivity index (χ2n) is 7.47. The quantitative estimate of drug-likeness (QED) is 0.327. The van der Waals surface area contributed by atoms with Crippen LogP contribution in [0.4, 0.5) is 10.2 Å². The van der Waals surface area contributed by atoms with E-state index in [1.54, 1.807) is 18.5 Å². The fourth-order valence-electron chi connectivity index (χ4n) is 3.77. The summed E-state index contributed by atoms with van der Waals surface area (Å²) >= 11 is 0. The fourth-order valence-corrected chi connectivity index (χ4v) is 3.77. The second-order valence-corrected chi connectivity index (χ2v) is 7.47. The smallest absolute Gasteiger partial charge is 0.191 e. The zero-order chi connectivity index (χ0) is 19.9. The molecule has 7 nitrogen and oxygen atoms in total. The number of ether oxygens (including phenoxy) is 1. The van der Waals surface area contributed by atoms with Crippen molar-refractivity contribution in [1.29, 1.82) is 0 Å². The van der Waals surface area contributed by atoms with Crippen LogP contribution < -0.4 is 15.5 Å². The Hall–Kier alpha value is -1.88. The van der Waals surface area contributed by atoms with Crippen LogP contribution in [-0.2, 0) is 11.2 Å². The van der Waals surface area contributed by atoms with Crippen LogP contribution in [0.15, 0.2) is 46.1 Å². The molecule has 2 fully saturated rings. The third-order valence-electron chi connectivity index (χ3n) is 5.29. The van der Waals surface area contributed by atoms with Crippen LogP contribution >= 0.6 is 24.0 Å². The van der Waals surface area contributed by atoms with Crippen LogP contribution in [0.25, 0.3) is 0 Å². The molecule has 2 atom stereocenters. The van der Waals surface area contributed by atoms with Crippen molar-refractivity contribution in [3.05, 3.63) is 48.3 Å². The average molecular weight is 529 g/mol. The maximum Gasteiger partial charge on any atom is 0.191 e. The van der Waals surface area contributed by atoms with Gasteiger partial charge in [0.2, 0.25) is 0 Å². The predicted molar refractivity (Wildman–Crippen MR) is 125 cm³/mol. The summed E-state index contributed by atoms with van der Waals surface area (Å²) in [5.41, 5.74) is 0. The molecular formula is C21H29FIN5O2. The SMILES string of the molecule is Fc1cccnc1N1CCC(NC(=NCC2CCCO2)NCCc2ccco2)C1.I. The van der Waals surface area contributed by atoms with E-state index in [0.717, 1.165) is 57.1 Å². The third-order valence-corrected chi connectivity index (χ3v) is 5.29. The Labute approximate surface area is 193 Å². The molecule has 164 valence electrons. The zero-order valence-corrected chi connectivity index (χ0v) is 19.3. The minimum Gasteiger partial charge on any atom is -0.469 e. The summed E-state index contributed by atoms with van der Waals surface area (Å²) in [5, 5.41) is 6.89. The number of nitrogens with one attached hydrogen (secondary N) is 2. The number of furan rings is 1. The van der Waals surface area contributed by atoms with Gasteiger partial charge >= 0.3 is 0 Å². The maximum atomic E-state index is 14.0. The summed E-state index contributed by atoms with van der Waals surface area (Å²) in [6.07, 6.45) is 7.34. The number of hydrogen-bond acceptors (Lipinski definition) is 5. The van der Waals surface area contributed by atoms with Crippen LogP contribution in [-0.4, -0.2) is 55.9 Å². The van der Waals surface area contributed by atoms with Gasteiger partial charge in [-0.2, -0.15) is 0 Å². The van der Waals surface area contributed by atoms with Crippen LogP contribution in [0.3, 0.4) is 0 Å². The number of nitrogens with zero attached hydrogens (tertiary/aromatic N) is 3. The standard InChI is InChI=1S/C21H28FN5O2.HI/c22-19-6-1-9-23-20(19)27-11-8-16(15-27)26-21(25-14-18-5-3-13-29-18)24-10-7-17-4-2-12-28-17;/h1-2,4,6,9,12,16,18H,3,5,7-8,10-11,13-15H2,(H2,24,25,26);1H. The van der Waals surface area contributed by atoms with Gasteiger partial charge in [0.1, 0.15) is 5.76 Å². The van der Waals surface area contributed by atoms with Gasteiger partial charge in [-0.1, -0.05) is 0 Å². The van der Waals surface area contributed by atoms with Crippen LogP contribution in [0, 0.1) is 5.82 Å². The predicted octanol–water partition coefficient (Wildman–Crippen LogP) is 2.97. The molecule has 2 aliphatic rings. The lowest BCUT2D eigenvalue weighted by molar-refractivity contribution is 0.117. The van der Waals surface area contributed by atoms with E-state index >= 15 is 0 Å². The van der Waals surface area contributed by atoms with E-state index in [1.807, 2.05) is 17.0 Å². The van der Waals surface area contributed by atoms with Crippen molar-refractivity contribution >= 4 is 35.8 Å². The molecule has 2 aromatic rings. The van der Waals surface area contributed by atoms with Gasteiger partial charge in [0, 0.05) is 44.9 Å². The molecule has 2 aromatic heterocycles. The van der Waals surface area contributed by atoms with Crippen molar-refractivity contribution in [3.63, 3.8) is 0 Å². The fraction of sp³-hybridized carbons (Fsp3) is 0.524. The van der Waals surface area contributed by atoms with Crippen molar-refractivity contribution in [1.82, 2.24) is 15.6 Å². The van der Waals surface area contributed by atoms with E-state index in [9.17, 15) is 4.39 Å². The molecule has 0 bridgehead atoms. The van der Waals surface area contributed by atoms with Crippen molar-refractivity contribution in [2.75, 3.05) is 37.7 Å². The summed E-state index contributed by atoms with van der Waals surface area (Å²) in [7, 11) is 0. The minimum atomic E-state index is -0.281. The molecule has 0 saturated carbocycles. The second kappa shape index (κ2) is 11.5. The van der Waals surface area contributed by atoms with Gasteiger partial charge in [0.05, 0.1) is 18.9 Å². The number of guanidine groups is 1. The highest BCUT2D eigenvalue weighted by Gasteiger charge is 2.26. The lowest BCUT2D eigenvalue weighted by atomic mass is 10.2. The summed E-state index contributed by atoms with van der Waals surface area (Å²) in [4.78, 5) is 10.9. The molecule has 4 rings (SSSR count). The molecule has 2 aliphatic heterocycles. The van der Waals surface area contributed by atoms with Gasteiger partial charge in [-0.25, -0.2) is 9.37 Å². The lowest BCUT2D eigenvalue weighted by Crippen LogP contribution is -2.45. The minimum absolute atomic E-state index is 0. The zero-order valence-electron chi connectivity index (χ0n) is 16.9. The van der Waals surface area contributed by atoms with Gasteiger partial charge in [-0.3, -0.25) is 4.99 Å². The molecule has 2 N–H and O–H groups in total. The Bertz CT molecular complexity index is 798. The van der Waals surface area contributed by atoms with E-state index in [-0.39, 0.29) is 41.9 Å². The van der Waals surface area contributed by atoms with Crippen LogP contribution in [0.2, 0.25) is 0 Å². The molecule has 0 radical (unpaired) electrons. The molecule has 2 unspecified atom stereocenters. The Morgan fingerprint density at radius 1 is 1.30 bits per heavy atom. The number of hydrogen-bond donors (Lipinski definition) is 2. The normalized spacial score (nSPS) is 21.5. The maximum absolute atomic E-state index is 14.0. The Morgan fingerprint density at radius 3 is 3.00 bits per heavy atom. The number of rotatable bonds is 7. The van der Waals surface area contributed by atoms with Crippen molar-refractivity contribution < 1.29 is 13.5 Å². The molecule has 4 heterocycles. The van der Waals surface area contributed by atoms with Crippen LogP contribution in [0.5, 0.6) is 0 Å². The molecule has 0 aliphatic carbocycles. The molecule has 0 aromatic carbocycles. The first kappa shape index (κ1) is 22.8. The number of aromatic nitrogens is 1. The summed E-state index contributed by atoms with van der Waals surface area (Å²) in [5.74, 6) is 1.84. The highest BCUT2D eigenvalue weighted by atomic mass is 127. The molecule has 30 heavy (non-hydrogen) atoms. The number of aliphatic imine (C=N–C) groups is 1. The van der Waals surface area contributed by atoms with E-state index < -0.39 is 0 Å². The van der Waals surface area contributed by atoms with Gasteiger partial charge < -0.3 is 24.7 Å². The number of anilines is 1. The first-order valence-corrected chi connectivity index (χ1v) is 10.3. The van der Waals surface area contributed by atoms with E-state index in [2.05, 4.69) is 15.6 Å². The van der Waals surface area contributed by atoms with E-state index in [1.165, 1.54) is 6.07 Å². The van der Waals surface area contributed by atoms with E-state index in [4.69, 9.17) is 14.1 Å². The number of halogens is 2. The lowest BCUT2D eigenvalue weighted by Gasteiger charge is -2.20. The Kier molecular flexibility index (Phi) is 8.74. The van der Waals surface area contributed by atoms with Crippen LogP contribution in [0.1, 0.15) is 25.0 Å². The highest BCUT2D eigenvalue weighted by molar-refractivity contribution is 14.0. The highest BCUT2D eigenvalue weighted by Crippen LogP contribution is 2.20. The third kappa shape index (κ3) is 6.31. The molecule has 0 amide bonds. The Balaban J connectivity index is 0.00000256. The van der Waals surface area contributed by atoms with Gasteiger partial charge in [-0.05, 0) is 43.5 Å². The topological polar surface area (TPSA) is 74.9 Å². The average Bonchev–Trinajstić information content (AvgIpc) is 3.49. The Morgan fingerprint density at radius 2 is 2.23 bits per heavy atom. The molecule has 2 saturated heterocycles.